The standard InChI is InChI=1S/C21H27N5O4S/c1-30-12-11-26(21(29)23-16-5-3-2-4-6-16)13-18-24-17(14-31-18)20(28)25-9-7-15(8-10-25)19(22)27/h2-6,14-15H,7-13H2,1H3,(H2,22,27)(H,23,29). The lowest BCUT2D eigenvalue weighted by molar-refractivity contribution is -0.123. The van der Waals surface area contributed by atoms with E-state index in [1.807, 2.05) is 30.3 Å². The SMILES string of the molecule is COCCN(Cc1nc(C(=O)N2CCC(C(N)=O)CC2)cs1)C(=O)Nc1ccccc1. The number of nitrogens with one attached hydrogen (secondary N) is 1. The van der Waals surface area contributed by atoms with Crippen LogP contribution in [0.1, 0.15) is 28.3 Å². The summed E-state index contributed by atoms with van der Waals surface area (Å²) >= 11 is 1.34. The van der Waals surface area contributed by atoms with Crippen LogP contribution in [0.3, 0.4) is 0 Å². The Kier molecular flexibility index (Phi) is 7.96. The lowest BCUT2D eigenvalue weighted by Gasteiger charge is -2.30. The van der Waals surface area contributed by atoms with Crippen molar-refractivity contribution in [2.24, 2.45) is 11.7 Å². The summed E-state index contributed by atoms with van der Waals surface area (Å²) in [5.74, 6) is -0.650. The molecule has 10 heteroatoms. The Morgan fingerprint density at radius 1 is 1.26 bits per heavy atom. The Hall–Kier alpha value is -2.98. The zero-order valence-corrected chi connectivity index (χ0v) is 18.3. The maximum Gasteiger partial charge on any atom is 0.322 e. The van der Waals surface area contributed by atoms with Gasteiger partial charge in [-0.15, -0.1) is 11.3 Å². The maximum absolute atomic E-state index is 12.8. The molecular weight excluding hydrogens is 418 g/mol. The number of amides is 4. The molecule has 0 saturated carbocycles. The van der Waals surface area contributed by atoms with Crippen molar-refractivity contribution in [1.82, 2.24) is 14.8 Å². The fourth-order valence-corrected chi connectivity index (χ4v) is 4.13. The zero-order valence-electron chi connectivity index (χ0n) is 17.5. The molecule has 0 bridgehead atoms. The van der Waals surface area contributed by atoms with Crippen molar-refractivity contribution >= 4 is 34.9 Å². The van der Waals surface area contributed by atoms with Crippen molar-refractivity contribution in [3.05, 3.63) is 46.4 Å². The number of piperidine rings is 1. The summed E-state index contributed by atoms with van der Waals surface area (Å²) in [5, 5.41) is 5.23. The zero-order chi connectivity index (χ0) is 22.2. The molecule has 2 heterocycles. The molecular formula is C21H27N5O4S. The van der Waals surface area contributed by atoms with E-state index in [9.17, 15) is 14.4 Å². The van der Waals surface area contributed by atoms with Crippen molar-refractivity contribution in [3.8, 4) is 0 Å². The van der Waals surface area contributed by atoms with Crippen molar-refractivity contribution in [2.45, 2.75) is 19.4 Å². The van der Waals surface area contributed by atoms with E-state index in [2.05, 4.69) is 10.3 Å². The molecule has 9 nitrogen and oxygen atoms in total. The molecule has 0 spiro atoms. The minimum Gasteiger partial charge on any atom is -0.383 e. The first kappa shape index (κ1) is 22.7. The average Bonchev–Trinajstić information content (AvgIpc) is 3.25. The molecule has 1 aliphatic heterocycles. The van der Waals surface area contributed by atoms with Crippen LogP contribution in [-0.2, 0) is 16.1 Å². The third kappa shape index (κ3) is 6.25. The molecule has 0 unspecified atom stereocenters. The summed E-state index contributed by atoms with van der Waals surface area (Å²) < 4.78 is 5.13. The Morgan fingerprint density at radius 3 is 2.61 bits per heavy atom. The number of hydrogen-bond donors (Lipinski definition) is 2. The number of carbonyl (C=O) groups is 3. The molecule has 2 aromatic rings. The van der Waals surface area contributed by atoms with E-state index in [0.29, 0.717) is 55.5 Å². The van der Waals surface area contributed by atoms with Gasteiger partial charge in [0.05, 0.1) is 13.2 Å². The molecule has 0 atom stereocenters. The molecule has 4 amide bonds. The number of likely N-dealkylation sites (tertiary alicyclic amines) is 1. The molecule has 1 aliphatic rings. The largest absolute Gasteiger partial charge is 0.383 e. The fraction of sp³-hybridized carbons (Fsp3) is 0.429. The van der Waals surface area contributed by atoms with Crippen molar-refractivity contribution < 1.29 is 19.1 Å². The van der Waals surface area contributed by atoms with Gasteiger partial charge < -0.3 is 25.6 Å². The van der Waals surface area contributed by atoms with E-state index in [1.54, 1.807) is 22.3 Å². The van der Waals surface area contributed by atoms with Crippen LogP contribution < -0.4 is 11.1 Å². The number of para-hydroxylation sites is 1. The Labute approximate surface area is 185 Å². The van der Waals surface area contributed by atoms with Gasteiger partial charge >= 0.3 is 6.03 Å². The number of ether oxygens (including phenoxy) is 1. The van der Waals surface area contributed by atoms with Gasteiger partial charge in [-0.25, -0.2) is 9.78 Å². The van der Waals surface area contributed by atoms with Crippen LogP contribution in [0, 0.1) is 5.92 Å². The Bertz CT molecular complexity index is 896. The number of rotatable bonds is 8. The number of nitrogens with two attached hydrogens (primary N) is 1. The van der Waals surface area contributed by atoms with Gasteiger partial charge in [-0.1, -0.05) is 18.2 Å². The first-order chi connectivity index (χ1) is 15.0. The van der Waals surface area contributed by atoms with Gasteiger partial charge in [-0.2, -0.15) is 0 Å². The van der Waals surface area contributed by atoms with Gasteiger partial charge in [0.1, 0.15) is 10.7 Å². The van der Waals surface area contributed by atoms with Crippen molar-refractivity contribution in [1.29, 1.82) is 0 Å². The van der Waals surface area contributed by atoms with E-state index in [-0.39, 0.29) is 30.3 Å². The predicted molar refractivity (Wildman–Crippen MR) is 118 cm³/mol. The van der Waals surface area contributed by atoms with E-state index < -0.39 is 0 Å². The smallest absolute Gasteiger partial charge is 0.322 e. The summed E-state index contributed by atoms with van der Waals surface area (Å²) in [6, 6.07) is 8.94. The number of aromatic nitrogens is 1. The topological polar surface area (TPSA) is 118 Å². The van der Waals surface area contributed by atoms with Crippen LogP contribution in [-0.4, -0.2) is 66.0 Å². The number of primary amides is 1. The monoisotopic (exact) mass is 445 g/mol. The number of urea groups is 1. The summed E-state index contributed by atoms with van der Waals surface area (Å²) in [4.78, 5) is 44.5. The lowest BCUT2D eigenvalue weighted by atomic mass is 9.96. The van der Waals surface area contributed by atoms with Crippen molar-refractivity contribution in [3.63, 3.8) is 0 Å². The third-order valence-electron chi connectivity index (χ3n) is 5.16. The van der Waals surface area contributed by atoms with Crippen LogP contribution in [0.5, 0.6) is 0 Å². The number of methoxy groups -OCH3 is 1. The quantitative estimate of drug-likeness (QED) is 0.646. The molecule has 1 fully saturated rings. The molecule has 1 aromatic carbocycles. The first-order valence-electron chi connectivity index (χ1n) is 10.1. The third-order valence-corrected chi connectivity index (χ3v) is 5.99. The highest BCUT2D eigenvalue weighted by Gasteiger charge is 2.27. The second-order valence-corrected chi connectivity index (χ2v) is 8.25. The van der Waals surface area contributed by atoms with E-state index in [0.717, 1.165) is 0 Å². The number of hydrogen-bond acceptors (Lipinski definition) is 6. The first-order valence-corrected chi connectivity index (χ1v) is 11.0. The second-order valence-electron chi connectivity index (χ2n) is 7.31. The molecule has 0 aliphatic carbocycles. The average molecular weight is 446 g/mol. The Morgan fingerprint density at radius 2 is 1.97 bits per heavy atom. The summed E-state index contributed by atoms with van der Waals surface area (Å²) in [7, 11) is 1.58. The second kappa shape index (κ2) is 10.9. The molecule has 1 saturated heterocycles. The minimum absolute atomic E-state index is 0.164. The van der Waals surface area contributed by atoms with Crippen LogP contribution >= 0.6 is 11.3 Å². The van der Waals surface area contributed by atoms with Crippen LogP contribution in [0.15, 0.2) is 35.7 Å². The lowest BCUT2D eigenvalue weighted by Crippen LogP contribution is -2.41. The van der Waals surface area contributed by atoms with Crippen molar-refractivity contribution in [2.75, 3.05) is 38.7 Å². The van der Waals surface area contributed by atoms with Crippen LogP contribution in [0.25, 0.3) is 0 Å². The van der Waals surface area contributed by atoms with Gasteiger partial charge in [-0.05, 0) is 25.0 Å². The van der Waals surface area contributed by atoms with Gasteiger partial charge in [0.15, 0.2) is 0 Å². The van der Waals surface area contributed by atoms with Gasteiger partial charge in [0, 0.05) is 43.7 Å². The van der Waals surface area contributed by atoms with E-state index in [4.69, 9.17) is 10.5 Å². The molecule has 166 valence electrons. The highest BCUT2D eigenvalue weighted by atomic mass is 32.1. The summed E-state index contributed by atoms with van der Waals surface area (Å²) in [5.41, 5.74) is 6.41. The number of thiazole rings is 1. The molecule has 0 radical (unpaired) electrons. The number of carbonyl (C=O) groups excluding carboxylic acids is 3. The van der Waals surface area contributed by atoms with Crippen LogP contribution in [0.4, 0.5) is 10.5 Å². The van der Waals surface area contributed by atoms with E-state index >= 15 is 0 Å². The molecule has 1 aromatic heterocycles. The van der Waals surface area contributed by atoms with Crippen LogP contribution in [0.2, 0.25) is 0 Å². The number of nitrogens with zero attached hydrogens (tertiary/aromatic N) is 3. The highest BCUT2D eigenvalue weighted by molar-refractivity contribution is 7.09. The maximum atomic E-state index is 12.8. The van der Waals surface area contributed by atoms with Gasteiger partial charge in [-0.3, -0.25) is 9.59 Å². The summed E-state index contributed by atoms with van der Waals surface area (Å²) in [6.07, 6.45) is 1.14. The highest BCUT2D eigenvalue weighted by Crippen LogP contribution is 2.20. The number of anilines is 1. The Balaban J connectivity index is 1.61. The fourth-order valence-electron chi connectivity index (χ4n) is 3.35. The van der Waals surface area contributed by atoms with E-state index in [1.165, 1.54) is 11.3 Å². The number of benzene rings is 1. The molecule has 3 rings (SSSR count). The summed E-state index contributed by atoms with van der Waals surface area (Å²) in [6.45, 7) is 2.01. The van der Waals surface area contributed by atoms with Gasteiger partial charge in [0.25, 0.3) is 5.91 Å². The minimum atomic E-state index is -0.312. The molecule has 3 N–H and O–H groups in total. The predicted octanol–water partition coefficient (Wildman–Crippen LogP) is 2.16. The molecule has 31 heavy (non-hydrogen) atoms. The normalized spacial score (nSPS) is 14.3. The van der Waals surface area contributed by atoms with Gasteiger partial charge in [0.2, 0.25) is 5.91 Å².